The Bertz CT molecular complexity index is 456. The second-order valence-corrected chi connectivity index (χ2v) is 4.54. The third-order valence-corrected chi connectivity index (χ3v) is 2.71. The highest BCUT2D eigenvalue weighted by Gasteiger charge is 2.20. The van der Waals surface area contributed by atoms with Crippen LogP contribution in [0.2, 0.25) is 0 Å². The molecule has 0 aromatic carbocycles. The fraction of sp³-hybridized carbons (Fsp3) is 0.538. The van der Waals surface area contributed by atoms with Crippen molar-refractivity contribution in [3.8, 4) is 12.3 Å². The number of nitrogen functional groups attached to an aromatic ring is 1. The van der Waals surface area contributed by atoms with Crippen molar-refractivity contribution in [2.45, 2.75) is 45.6 Å². The molecule has 0 saturated carbocycles. The smallest absolute Gasteiger partial charge is 0.274 e. The first-order valence-corrected chi connectivity index (χ1v) is 6.11. The number of H-pyrrole nitrogens is 1. The lowest BCUT2D eigenvalue weighted by molar-refractivity contribution is 0.0940. The number of nitrogens with one attached hydrogen (secondary N) is 2. The fourth-order valence-electron chi connectivity index (χ4n) is 1.69. The van der Waals surface area contributed by atoms with Gasteiger partial charge in [-0.25, -0.2) is 0 Å². The minimum Gasteiger partial charge on any atom is -0.395 e. The number of nitrogens with zero attached hydrogens (tertiary/aromatic N) is 1. The Kier molecular flexibility index (Phi) is 4.78. The summed E-state index contributed by atoms with van der Waals surface area (Å²) in [7, 11) is 0. The van der Waals surface area contributed by atoms with Crippen LogP contribution in [0.5, 0.6) is 0 Å². The van der Waals surface area contributed by atoms with Gasteiger partial charge < -0.3 is 11.1 Å². The van der Waals surface area contributed by atoms with E-state index in [0.29, 0.717) is 5.69 Å². The molecule has 0 spiro atoms. The summed E-state index contributed by atoms with van der Waals surface area (Å²) in [5, 5.41) is 9.48. The first kappa shape index (κ1) is 14.1. The van der Waals surface area contributed by atoms with E-state index in [1.807, 2.05) is 20.8 Å². The SMILES string of the molecule is C#CC(CCC)NC(=O)c1n[nH]c(C(C)C)c1N. The molecular formula is C13H20N4O. The van der Waals surface area contributed by atoms with E-state index in [0.717, 1.165) is 18.5 Å². The van der Waals surface area contributed by atoms with Crippen molar-refractivity contribution in [3.63, 3.8) is 0 Å². The predicted molar refractivity (Wildman–Crippen MR) is 72.1 cm³/mol. The molecule has 1 aromatic heterocycles. The van der Waals surface area contributed by atoms with Crippen molar-refractivity contribution >= 4 is 11.6 Å². The molecule has 1 heterocycles. The summed E-state index contributed by atoms with van der Waals surface area (Å²) < 4.78 is 0. The Balaban J connectivity index is 2.82. The Morgan fingerprint density at radius 1 is 1.61 bits per heavy atom. The first-order valence-electron chi connectivity index (χ1n) is 6.11. The van der Waals surface area contributed by atoms with E-state index >= 15 is 0 Å². The van der Waals surface area contributed by atoms with Crippen molar-refractivity contribution < 1.29 is 4.79 Å². The lowest BCUT2D eigenvalue weighted by Gasteiger charge is -2.11. The molecule has 0 radical (unpaired) electrons. The van der Waals surface area contributed by atoms with Crippen LogP contribution in [0, 0.1) is 12.3 Å². The number of amides is 1. The van der Waals surface area contributed by atoms with Gasteiger partial charge in [0.2, 0.25) is 0 Å². The number of aromatic amines is 1. The second-order valence-electron chi connectivity index (χ2n) is 4.54. The Labute approximate surface area is 108 Å². The van der Waals surface area contributed by atoms with Crippen molar-refractivity contribution in [1.82, 2.24) is 15.5 Å². The second kappa shape index (κ2) is 6.10. The summed E-state index contributed by atoms with van der Waals surface area (Å²) in [5.74, 6) is 2.41. The molecule has 5 heteroatoms. The maximum Gasteiger partial charge on any atom is 0.274 e. The summed E-state index contributed by atoms with van der Waals surface area (Å²) in [5.41, 5.74) is 7.28. The van der Waals surface area contributed by atoms with E-state index in [1.165, 1.54) is 0 Å². The molecule has 0 aliphatic rings. The zero-order valence-corrected chi connectivity index (χ0v) is 11.1. The van der Waals surface area contributed by atoms with E-state index < -0.39 is 0 Å². The molecule has 4 N–H and O–H groups in total. The molecule has 0 saturated heterocycles. The van der Waals surface area contributed by atoms with Crippen molar-refractivity contribution in [3.05, 3.63) is 11.4 Å². The first-order chi connectivity index (χ1) is 8.51. The molecule has 1 rings (SSSR count). The van der Waals surface area contributed by atoms with Crippen LogP contribution in [0.3, 0.4) is 0 Å². The maximum atomic E-state index is 12.0. The molecule has 0 fully saturated rings. The predicted octanol–water partition coefficient (Wildman–Crippen LogP) is 1.65. The van der Waals surface area contributed by atoms with Gasteiger partial charge in [0, 0.05) is 0 Å². The van der Waals surface area contributed by atoms with Gasteiger partial charge in [0.1, 0.15) is 0 Å². The Morgan fingerprint density at radius 3 is 2.72 bits per heavy atom. The van der Waals surface area contributed by atoms with Crippen molar-refractivity contribution in [2.75, 3.05) is 5.73 Å². The van der Waals surface area contributed by atoms with Gasteiger partial charge in [-0.1, -0.05) is 33.1 Å². The van der Waals surface area contributed by atoms with E-state index in [2.05, 4.69) is 21.4 Å². The number of carbonyl (C=O) groups excluding carboxylic acids is 1. The van der Waals surface area contributed by atoms with Crippen LogP contribution >= 0.6 is 0 Å². The molecule has 0 aliphatic carbocycles. The molecule has 0 bridgehead atoms. The quantitative estimate of drug-likeness (QED) is 0.693. The standard InChI is InChI=1S/C13H20N4O/c1-5-7-9(6-2)15-13(18)12-10(14)11(8(3)4)16-17-12/h2,8-9H,5,7,14H2,1,3-4H3,(H,15,18)(H,16,17). The summed E-state index contributed by atoms with van der Waals surface area (Å²) in [6.07, 6.45) is 7.00. The molecule has 98 valence electrons. The average Bonchev–Trinajstić information content (AvgIpc) is 2.70. The van der Waals surface area contributed by atoms with Crippen LogP contribution in [0.1, 0.15) is 55.7 Å². The topological polar surface area (TPSA) is 83.8 Å². The normalized spacial score (nSPS) is 12.2. The van der Waals surface area contributed by atoms with Gasteiger partial charge >= 0.3 is 0 Å². The number of terminal acetylenes is 1. The summed E-state index contributed by atoms with van der Waals surface area (Å²) in [6.45, 7) is 5.97. The third kappa shape index (κ3) is 3.04. The number of carbonyl (C=O) groups is 1. The van der Waals surface area contributed by atoms with Gasteiger partial charge in [-0.3, -0.25) is 9.89 Å². The molecule has 1 unspecified atom stereocenters. The Morgan fingerprint density at radius 2 is 2.28 bits per heavy atom. The molecule has 5 nitrogen and oxygen atoms in total. The van der Waals surface area contributed by atoms with E-state index in [1.54, 1.807) is 0 Å². The monoisotopic (exact) mass is 248 g/mol. The highest BCUT2D eigenvalue weighted by atomic mass is 16.2. The third-order valence-electron chi connectivity index (χ3n) is 2.71. The average molecular weight is 248 g/mol. The maximum absolute atomic E-state index is 12.0. The minimum absolute atomic E-state index is 0.193. The van der Waals surface area contributed by atoms with Gasteiger partial charge in [-0.15, -0.1) is 6.42 Å². The Hall–Kier alpha value is -1.96. The number of anilines is 1. The van der Waals surface area contributed by atoms with Crippen molar-refractivity contribution in [2.24, 2.45) is 0 Å². The van der Waals surface area contributed by atoms with E-state index in [-0.39, 0.29) is 23.6 Å². The lowest BCUT2D eigenvalue weighted by Crippen LogP contribution is -2.34. The fourth-order valence-corrected chi connectivity index (χ4v) is 1.69. The van der Waals surface area contributed by atoms with Gasteiger partial charge in [0.15, 0.2) is 5.69 Å². The lowest BCUT2D eigenvalue weighted by atomic mass is 10.1. The summed E-state index contributed by atoms with van der Waals surface area (Å²) >= 11 is 0. The van der Waals surface area contributed by atoms with E-state index in [4.69, 9.17) is 12.2 Å². The van der Waals surface area contributed by atoms with Gasteiger partial charge in [-0.05, 0) is 12.3 Å². The van der Waals surface area contributed by atoms with Gasteiger partial charge in [0.05, 0.1) is 17.4 Å². The van der Waals surface area contributed by atoms with Crippen LogP contribution in [0.4, 0.5) is 5.69 Å². The molecular weight excluding hydrogens is 228 g/mol. The zero-order valence-electron chi connectivity index (χ0n) is 11.1. The summed E-state index contributed by atoms with van der Waals surface area (Å²) in [4.78, 5) is 12.0. The van der Waals surface area contributed by atoms with Gasteiger partial charge in [0.25, 0.3) is 5.91 Å². The molecule has 1 atom stereocenters. The number of aromatic nitrogens is 2. The largest absolute Gasteiger partial charge is 0.395 e. The summed E-state index contributed by atoms with van der Waals surface area (Å²) in [6, 6.07) is -0.277. The van der Waals surface area contributed by atoms with E-state index in [9.17, 15) is 4.79 Å². The number of hydrogen-bond acceptors (Lipinski definition) is 3. The molecule has 0 aliphatic heterocycles. The van der Waals surface area contributed by atoms with Gasteiger partial charge in [-0.2, -0.15) is 5.10 Å². The molecule has 1 aromatic rings. The van der Waals surface area contributed by atoms with Crippen molar-refractivity contribution in [1.29, 1.82) is 0 Å². The number of hydrogen-bond donors (Lipinski definition) is 3. The zero-order chi connectivity index (χ0) is 13.7. The van der Waals surface area contributed by atoms with Crippen LogP contribution in [0.25, 0.3) is 0 Å². The highest BCUT2D eigenvalue weighted by Crippen LogP contribution is 2.21. The van der Waals surface area contributed by atoms with Crippen LogP contribution < -0.4 is 11.1 Å². The molecule has 18 heavy (non-hydrogen) atoms. The minimum atomic E-state index is -0.327. The number of nitrogens with two attached hydrogens (primary N) is 1. The van der Waals surface area contributed by atoms with Crippen LogP contribution in [0.15, 0.2) is 0 Å². The molecule has 1 amide bonds. The number of rotatable bonds is 5. The highest BCUT2D eigenvalue weighted by molar-refractivity contribution is 5.98. The van der Waals surface area contributed by atoms with Crippen LogP contribution in [-0.4, -0.2) is 22.1 Å². The van der Waals surface area contributed by atoms with Crippen LogP contribution in [-0.2, 0) is 0 Å².